The third-order valence-corrected chi connectivity index (χ3v) is 2.42. The lowest BCUT2D eigenvalue weighted by molar-refractivity contribution is 0.924. The summed E-state index contributed by atoms with van der Waals surface area (Å²) in [5.41, 5.74) is 2.07. The number of nitrogens with one attached hydrogen (secondary N) is 1. The Kier molecular flexibility index (Phi) is 3.53. The van der Waals surface area contributed by atoms with E-state index in [-0.39, 0.29) is 0 Å². The molecule has 0 atom stereocenters. The van der Waals surface area contributed by atoms with Crippen LogP contribution >= 0.6 is 11.6 Å². The van der Waals surface area contributed by atoms with Crippen LogP contribution in [0.5, 0.6) is 0 Å². The van der Waals surface area contributed by atoms with E-state index < -0.39 is 0 Å². The third-order valence-electron chi connectivity index (χ3n) is 2.19. The molecule has 0 amide bonds. The van der Waals surface area contributed by atoms with Crippen molar-refractivity contribution in [3.8, 4) is 6.07 Å². The molecule has 0 fully saturated rings. The highest BCUT2D eigenvalue weighted by Crippen LogP contribution is 2.20. The van der Waals surface area contributed by atoms with Crippen LogP contribution in [0.4, 0.5) is 5.69 Å². The van der Waals surface area contributed by atoms with E-state index in [0.29, 0.717) is 17.1 Å². The molecular weight excluding hydrogens is 236 g/mol. The Balaban J connectivity index is 2.12. The Morgan fingerprint density at radius 3 is 2.94 bits per heavy atom. The lowest BCUT2D eigenvalue weighted by Crippen LogP contribution is -2.03. The second-order valence-corrected chi connectivity index (χ2v) is 3.81. The van der Waals surface area contributed by atoms with Crippen molar-refractivity contribution in [2.75, 3.05) is 5.32 Å². The summed E-state index contributed by atoms with van der Waals surface area (Å²) in [6.45, 7) is 0.518. The number of rotatable bonds is 3. The van der Waals surface area contributed by atoms with Crippen LogP contribution in [0, 0.1) is 11.3 Å². The summed E-state index contributed by atoms with van der Waals surface area (Å²) in [7, 11) is 0. The van der Waals surface area contributed by atoms with E-state index in [1.54, 1.807) is 24.4 Å². The zero-order chi connectivity index (χ0) is 12.1. The van der Waals surface area contributed by atoms with Crippen LogP contribution in [-0.2, 0) is 6.54 Å². The van der Waals surface area contributed by atoms with Crippen LogP contribution in [0.25, 0.3) is 0 Å². The second-order valence-electron chi connectivity index (χ2n) is 3.37. The van der Waals surface area contributed by atoms with Crippen molar-refractivity contribution in [2.45, 2.75) is 6.54 Å². The Morgan fingerprint density at radius 2 is 2.24 bits per heavy atom. The predicted molar refractivity (Wildman–Crippen MR) is 65.5 cm³/mol. The molecule has 2 aromatic rings. The maximum Gasteiger partial charge on any atom is 0.101 e. The van der Waals surface area contributed by atoms with Crippen LogP contribution in [0.2, 0.25) is 5.02 Å². The van der Waals surface area contributed by atoms with Gasteiger partial charge in [-0.2, -0.15) is 15.5 Å². The fraction of sp³-hybridized carbons (Fsp3) is 0.0833. The maximum absolute atomic E-state index is 8.96. The summed E-state index contributed by atoms with van der Waals surface area (Å²) in [5.74, 6) is 0. The minimum absolute atomic E-state index is 0.515. The molecule has 4 nitrogen and oxygen atoms in total. The molecule has 0 bridgehead atoms. The van der Waals surface area contributed by atoms with E-state index in [1.165, 1.54) is 0 Å². The fourth-order valence-corrected chi connectivity index (χ4v) is 1.55. The second kappa shape index (κ2) is 5.28. The molecule has 5 heteroatoms. The number of hydrogen-bond acceptors (Lipinski definition) is 4. The van der Waals surface area contributed by atoms with Crippen LogP contribution in [0.15, 0.2) is 36.5 Å². The highest BCUT2D eigenvalue weighted by atomic mass is 35.5. The van der Waals surface area contributed by atoms with E-state index >= 15 is 0 Å². The van der Waals surface area contributed by atoms with Gasteiger partial charge in [-0.15, -0.1) is 0 Å². The Bertz CT molecular complexity index is 548. The van der Waals surface area contributed by atoms with Crippen molar-refractivity contribution < 1.29 is 0 Å². The van der Waals surface area contributed by atoms with Crippen LogP contribution in [-0.4, -0.2) is 10.2 Å². The number of halogens is 1. The fourth-order valence-electron chi connectivity index (χ4n) is 1.38. The molecule has 0 aliphatic heterocycles. The zero-order valence-electron chi connectivity index (χ0n) is 8.89. The molecule has 1 heterocycles. The van der Waals surface area contributed by atoms with Gasteiger partial charge in [-0.25, -0.2) is 0 Å². The lowest BCUT2D eigenvalue weighted by atomic mass is 10.2. The molecule has 0 saturated heterocycles. The first kappa shape index (κ1) is 11.4. The van der Waals surface area contributed by atoms with Crippen molar-refractivity contribution in [2.24, 2.45) is 0 Å². The molecule has 0 radical (unpaired) electrons. The molecular formula is C12H9ClN4. The summed E-state index contributed by atoms with van der Waals surface area (Å²) in [5, 5.41) is 20.4. The third kappa shape index (κ3) is 2.92. The molecule has 1 aromatic carbocycles. The quantitative estimate of drug-likeness (QED) is 0.902. The van der Waals surface area contributed by atoms with E-state index in [1.807, 2.05) is 12.1 Å². The highest BCUT2D eigenvalue weighted by molar-refractivity contribution is 6.30. The van der Waals surface area contributed by atoms with E-state index in [4.69, 9.17) is 16.9 Å². The summed E-state index contributed by atoms with van der Waals surface area (Å²) in [6.07, 6.45) is 1.62. The summed E-state index contributed by atoms with van der Waals surface area (Å²) >= 11 is 5.81. The first-order valence-corrected chi connectivity index (χ1v) is 5.37. The highest BCUT2D eigenvalue weighted by Gasteiger charge is 2.02. The van der Waals surface area contributed by atoms with Crippen molar-refractivity contribution in [3.63, 3.8) is 0 Å². The van der Waals surface area contributed by atoms with Crippen LogP contribution in [0.1, 0.15) is 11.3 Å². The van der Waals surface area contributed by atoms with E-state index in [9.17, 15) is 0 Å². The number of anilines is 1. The number of nitriles is 1. The smallest absolute Gasteiger partial charge is 0.101 e. The molecule has 0 unspecified atom stereocenters. The molecule has 17 heavy (non-hydrogen) atoms. The van der Waals surface area contributed by atoms with E-state index in [0.717, 1.165) is 11.4 Å². The number of benzene rings is 1. The molecule has 1 N–H and O–H groups in total. The molecule has 0 spiro atoms. The first-order valence-electron chi connectivity index (χ1n) is 4.99. The standard InChI is InChI=1S/C12H9ClN4/c13-10-3-4-12(9(6-10)7-14)15-8-11-2-1-5-16-17-11/h1-6,15H,8H2. The van der Waals surface area contributed by atoms with Crippen molar-refractivity contribution in [3.05, 3.63) is 52.8 Å². The minimum Gasteiger partial charge on any atom is -0.378 e. The van der Waals surface area contributed by atoms with Gasteiger partial charge in [0.25, 0.3) is 0 Å². The number of aromatic nitrogens is 2. The average molecular weight is 245 g/mol. The van der Waals surface area contributed by atoms with Crippen molar-refractivity contribution in [1.29, 1.82) is 5.26 Å². The lowest BCUT2D eigenvalue weighted by Gasteiger charge is -2.07. The number of hydrogen-bond donors (Lipinski definition) is 1. The van der Waals surface area contributed by atoms with Crippen molar-refractivity contribution in [1.82, 2.24) is 10.2 Å². The van der Waals surface area contributed by atoms with Gasteiger partial charge >= 0.3 is 0 Å². The molecule has 0 aliphatic carbocycles. The monoisotopic (exact) mass is 244 g/mol. The normalized spacial score (nSPS) is 9.65. The van der Waals surface area contributed by atoms with Gasteiger partial charge in [0.2, 0.25) is 0 Å². The Morgan fingerprint density at radius 1 is 1.35 bits per heavy atom. The van der Waals surface area contributed by atoms with Gasteiger partial charge in [-0.3, -0.25) is 0 Å². The van der Waals surface area contributed by atoms with Gasteiger partial charge in [0.15, 0.2) is 0 Å². The largest absolute Gasteiger partial charge is 0.378 e. The topological polar surface area (TPSA) is 61.6 Å². The Hall–Kier alpha value is -2.12. The van der Waals surface area contributed by atoms with Gasteiger partial charge in [0.05, 0.1) is 23.5 Å². The number of nitrogens with zero attached hydrogens (tertiary/aromatic N) is 3. The van der Waals surface area contributed by atoms with Gasteiger partial charge < -0.3 is 5.32 Å². The Labute approximate surface area is 104 Å². The molecule has 2 rings (SSSR count). The SMILES string of the molecule is N#Cc1cc(Cl)ccc1NCc1cccnn1. The summed E-state index contributed by atoms with van der Waals surface area (Å²) < 4.78 is 0. The molecule has 1 aromatic heterocycles. The predicted octanol–water partition coefficient (Wildman–Crippen LogP) is 2.61. The maximum atomic E-state index is 8.96. The molecule has 0 aliphatic rings. The van der Waals surface area contributed by atoms with Crippen LogP contribution < -0.4 is 5.32 Å². The van der Waals surface area contributed by atoms with Gasteiger partial charge in [-0.1, -0.05) is 11.6 Å². The van der Waals surface area contributed by atoms with Gasteiger partial charge in [-0.05, 0) is 30.3 Å². The minimum atomic E-state index is 0.515. The van der Waals surface area contributed by atoms with Crippen molar-refractivity contribution >= 4 is 17.3 Å². The summed E-state index contributed by atoms with van der Waals surface area (Å²) in [6, 6.07) is 10.9. The van der Waals surface area contributed by atoms with Gasteiger partial charge in [0.1, 0.15) is 6.07 Å². The van der Waals surface area contributed by atoms with Gasteiger partial charge in [0, 0.05) is 11.2 Å². The zero-order valence-corrected chi connectivity index (χ0v) is 9.65. The average Bonchev–Trinajstić information content (AvgIpc) is 2.38. The molecule has 0 saturated carbocycles. The van der Waals surface area contributed by atoms with Crippen LogP contribution in [0.3, 0.4) is 0 Å². The summed E-state index contributed by atoms with van der Waals surface area (Å²) in [4.78, 5) is 0. The van der Waals surface area contributed by atoms with E-state index in [2.05, 4.69) is 21.6 Å². The molecule has 84 valence electrons. The first-order chi connectivity index (χ1) is 8.29.